The van der Waals surface area contributed by atoms with E-state index in [0.717, 1.165) is 90.1 Å². The zero-order valence-electron chi connectivity index (χ0n) is 39.4. The average molecular weight is 910 g/mol. The van der Waals surface area contributed by atoms with Crippen LogP contribution in [0.2, 0.25) is 0 Å². The Morgan fingerprint density at radius 1 is 0.239 bits per heavy atom. The third kappa shape index (κ3) is 8.92. The number of anilines is 9. The highest BCUT2D eigenvalue weighted by atomic mass is 15.2. The molecule has 0 saturated heterocycles. The van der Waals surface area contributed by atoms with Crippen molar-refractivity contribution in [3.8, 4) is 22.3 Å². The quantitative estimate of drug-likeness (QED) is 0.108. The summed E-state index contributed by atoms with van der Waals surface area (Å²) in [6, 6.07) is 91.2. The Bertz CT molecular complexity index is 3470. The molecule has 11 aromatic carbocycles. The third-order valence-electron chi connectivity index (χ3n) is 13.3. The molecule has 0 amide bonds. The van der Waals surface area contributed by atoms with Crippen molar-refractivity contribution in [2.24, 2.45) is 0 Å². The van der Waals surface area contributed by atoms with Crippen LogP contribution < -0.4 is 14.7 Å². The number of hydrogen-bond donors (Lipinski definition) is 0. The van der Waals surface area contributed by atoms with E-state index in [9.17, 15) is 0 Å². The highest BCUT2D eigenvalue weighted by Gasteiger charge is 2.19. The normalized spacial score (nSPS) is 11.0. The Hall–Kier alpha value is -9.44. The van der Waals surface area contributed by atoms with Gasteiger partial charge in [-0.1, -0.05) is 196 Å². The predicted molar refractivity (Wildman–Crippen MR) is 307 cm³/mol. The maximum atomic E-state index is 4.08. The molecule has 71 heavy (non-hydrogen) atoms. The number of benzene rings is 11. The van der Waals surface area contributed by atoms with E-state index >= 15 is 0 Å². The van der Waals surface area contributed by atoms with Gasteiger partial charge in [-0.3, -0.25) is 0 Å². The zero-order valence-corrected chi connectivity index (χ0v) is 39.4. The fourth-order valence-electron chi connectivity index (χ4n) is 9.69. The highest BCUT2D eigenvalue weighted by Crippen LogP contribution is 2.43. The Balaban J connectivity index is 0.895. The molecule has 0 heterocycles. The van der Waals surface area contributed by atoms with Crippen molar-refractivity contribution in [2.45, 2.75) is 0 Å². The second kappa shape index (κ2) is 19.7. The predicted octanol–water partition coefficient (Wildman–Crippen LogP) is 19.7. The van der Waals surface area contributed by atoms with Crippen LogP contribution in [0.4, 0.5) is 51.2 Å². The van der Waals surface area contributed by atoms with Crippen LogP contribution >= 0.6 is 0 Å². The minimum absolute atomic E-state index is 1.06. The smallest absolute Gasteiger partial charge is 0.0540 e. The van der Waals surface area contributed by atoms with E-state index in [1.807, 2.05) is 18.2 Å². The number of fused-ring (bicyclic) bond motifs is 2. The molecular formula is C68H51N3. The maximum Gasteiger partial charge on any atom is 0.0540 e. The maximum absolute atomic E-state index is 4.08. The van der Waals surface area contributed by atoms with E-state index in [1.54, 1.807) is 0 Å². The van der Waals surface area contributed by atoms with Crippen molar-refractivity contribution in [1.29, 1.82) is 0 Å². The average Bonchev–Trinajstić information content (AvgIpc) is 3.44. The summed E-state index contributed by atoms with van der Waals surface area (Å²) in [7, 11) is 0. The van der Waals surface area contributed by atoms with E-state index in [1.165, 1.54) is 21.5 Å². The van der Waals surface area contributed by atoms with Gasteiger partial charge in [0, 0.05) is 50.6 Å². The van der Waals surface area contributed by atoms with Crippen molar-refractivity contribution in [3.63, 3.8) is 0 Å². The van der Waals surface area contributed by atoms with Crippen molar-refractivity contribution in [3.05, 3.63) is 291 Å². The fraction of sp³-hybridized carbons (Fsp3) is 0. The molecule has 0 spiro atoms. The number of nitrogens with zero attached hydrogens (tertiary/aromatic N) is 3. The molecule has 0 unspecified atom stereocenters. The van der Waals surface area contributed by atoms with Gasteiger partial charge in [-0.25, -0.2) is 0 Å². The van der Waals surface area contributed by atoms with Gasteiger partial charge in [0.15, 0.2) is 0 Å². The van der Waals surface area contributed by atoms with Crippen LogP contribution in [-0.2, 0) is 0 Å². The van der Waals surface area contributed by atoms with Gasteiger partial charge in [-0.15, -0.1) is 0 Å². The van der Waals surface area contributed by atoms with Crippen LogP contribution in [0.3, 0.4) is 0 Å². The van der Waals surface area contributed by atoms with Gasteiger partial charge in [-0.05, 0) is 147 Å². The third-order valence-corrected chi connectivity index (χ3v) is 13.3. The van der Waals surface area contributed by atoms with Crippen LogP contribution in [-0.4, -0.2) is 0 Å². The van der Waals surface area contributed by atoms with Crippen LogP contribution in [0.5, 0.6) is 0 Å². The second-order valence-corrected chi connectivity index (χ2v) is 17.6. The molecule has 338 valence electrons. The zero-order chi connectivity index (χ0) is 48.1. The monoisotopic (exact) mass is 909 g/mol. The van der Waals surface area contributed by atoms with Crippen LogP contribution in [0.15, 0.2) is 275 Å². The minimum Gasteiger partial charge on any atom is -0.310 e. The topological polar surface area (TPSA) is 9.72 Å². The van der Waals surface area contributed by atoms with Crippen molar-refractivity contribution in [2.75, 3.05) is 14.7 Å². The lowest BCUT2D eigenvalue weighted by Gasteiger charge is -2.27. The summed E-state index contributed by atoms with van der Waals surface area (Å²) in [5.74, 6) is 0. The van der Waals surface area contributed by atoms with E-state index in [2.05, 4.69) is 289 Å². The van der Waals surface area contributed by atoms with E-state index in [-0.39, 0.29) is 0 Å². The molecule has 0 bridgehead atoms. The number of rotatable bonds is 14. The summed E-state index contributed by atoms with van der Waals surface area (Å²) in [5.41, 5.74) is 17.5. The first-order chi connectivity index (χ1) is 35.0. The summed E-state index contributed by atoms with van der Waals surface area (Å²) in [5, 5.41) is 4.78. The van der Waals surface area contributed by atoms with E-state index < -0.39 is 0 Å². The molecule has 0 atom stereocenters. The molecule has 0 saturated carbocycles. The Morgan fingerprint density at radius 2 is 0.521 bits per heavy atom. The first-order valence-electron chi connectivity index (χ1n) is 24.0. The largest absolute Gasteiger partial charge is 0.310 e. The van der Waals surface area contributed by atoms with Crippen LogP contribution in [0, 0.1) is 0 Å². The summed E-state index contributed by atoms with van der Waals surface area (Å²) >= 11 is 0. The van der Waals surface area contributed by atoms with Crippen LogP contribution in [0.1, 0.15) is 16.7 Å². The van der Waals surface area contributed by atoms with Gasteiger partial charge >= 0.3 is 0 Å². The fourth-order valence-corrected chi connectivity index (χ4v) is 9.69. The van der Waals surface area contributed by atoms with E-state index in [0.29, 0.717) is 0 Å². The van der Waals surface area contributed by atoms with Crippen molar-refractivity contribution >= 4 is 91.0 Å². The molecule has 0 aliphatic rings. The van der Waals surface area contributed by atoms with Crippen LogP contribution in [0.25, 0.3) is 62.0 Å². The first-order valence-corrected chi connectivity index (χ1v) is 24.0. The minimum atomic E-state index is 1.06. The van der Waals surface area contributed by atoms with Gasteiger partial charge in [-0.2, -0.15) is 0 Å². The summed E-state index contributed by atoms with van der Waals surface area (Å²) in [6.07, 6.45) is 5.70. The van der Waals surface area contributed by atoms with E-state index in [4.69, 9.17) is 0 Å². The van der Waals surface area contributed by atoms with Gasteiger partial charge in [0.2, 0.25) is 0 Å². The molecule has 11 rings (SSSR count). The van der Waals surface area contributed by atoms with Crippen molar-refractivity contribution < 1.29 is 0 Å². The summed E-state index contributed by atoms with van der Waals surface area (Å²) < 4.78 is 0. The molecule has 3 nitrogen and oxygen atoms in total. The summed E-state index contributed by atoms with van der Waals surface area (Å²) in [4.78, 5) is 6.99. The highest BCUT2D eigenvalue weighted by molar-refractivity contribution is 6.00. The first kappa shape index (κ1) is 44.1. The molecule has 3 heteroatoms. The summed E-state index contributed by atoms with van der Waals surface area (Å²) in [6.45, 7) is 12.2. The molecule has 0 aromatic heterocycles. The molecule has 0 aliphatic heterocycles. The Morgan fingerprint density at radius 3 is 0.859 bits per heavy atom. The standard InChI is InChI=1S/C68H51N3/c1-4-49-16-11-23-62(46-49)69(58-38-30-52(31-39-58)54-34-42-60(43-35-54)70(63-24-12-17-50(5-2)47-63)67-28-14-21-56-19-7-9-26-65(56)67)59-40-32-53(33-41-59)55-36-44-61(45-37-55)71(64-25-13-18-51(6-3)48-64)68-29-15-22-57-20-8-10-27-66(57)68/h4-48H,1-3H2. The molecular weight excluding hydrogens is 859 g/mol. The Labute approximate surface area is 417 Å². The van der Waals surface area contributed by atoms with Gasteiger partial charge in [0.1, 0.15) is 0 Å². The van der Waals surface area contributed by atoms with Crippen molar-refractivity contribution in [1.82, 2.24) is 0 Å². The molecule has 0 N–H and O–H groups in total. The SMILES string of the molecule is C=Cc1cccc(N(c2ccc(-c3ccc(N(c4cccc(C=C)c4)c4cccc5ccccc45)cc3)cc2)c2ccc(-c3ccc(N(c4cccc(C=C)c4)c4cccc5ccccc45)cc3)cc2)c1. The Kier molecular flexibility index (Phi) is 12.2. The molecule has 0 radical (unpaired) electrons. The lowest BCUT2D eigenvalue weighted by atomic mass is 10.0. The lowest BCUT2D eigenvalue weighted by Crippen LogP contribution is -2.10. The lowest BCUT2D eigenvalue weighted by molar-refractivity contribution is 1.28. The molecule has 0 aliphatic carbocycles. The van der Waals surface area contributed by atoms with Gasteiger partial charge < -0.3 is 14.7 Å². The van der Waals surface area contributed by atoms with Gasteiger partial charge in [0.05, 0.1) is 11.4 Å². The number of hydrogen-bond acceptors (Lipinski definition) is 3. The molecule has 11 aromatic rings. The molecule has 0 fully saturated rings. The second-order valence-electron chi connectivity index (χ2n) is 17.6. The van der Waals surface area contributed by atoms with Gasteiger partial charge in [0.25, 0.3) is 0 Å².